The summed E-state index contributed by atoms with van der Waals surface area (Å²) >= 11 is 0. The molecule has 2 aromatic carbocycles. The highest BCUT2D eigenvalue weighted by Crippen LogP contribution is 2.42. The highest BCUT2D eigenvalue weighted by Gasteiger charge is 2.32. The normalized spacial score (nSPS) is 20.1. The van der Waals surface area contributed by atoms with Crippen LogP contribution in [-0.2, 0) is 6.42 Å². The van der Waals surface area contributed by atoms with E-state index < -0.39 is 12.2 Å². The molecular weight excluding hydrogens is 288 g/mol. The zero-order chi connectivity index (χ0) is 15.9. The van der Waals surface area contributed by atoms with E-state index in [4.69, 9.17) is 9.47 Å². The van der Waals surface area contributed by atoms with Crippen LogP contribution in [0.2, 0.25) is 0 Å². The van der Waals surface area contributed by atoms with Gasteiger partial charge in [-0.15, -0.1) is 0 Å². The molecule has 0 fully saturated rings. The lowest BCUT2D eigenvalue weighted by atomic mass is 9.94. The molecule has 1 aliphatic rings. The molecule has 2 aromatic rings. The molecule has 1 aliphatic heterocycles. The van der Waals surface area contributed by atoms with Crippen LogP contribution in [0, 0.1) is 0 Å². The maximum atomic E-state index is 10.3. The fourth-order valence-corrected chi connectivity index (χ4v) is 2.62. The summed E-state index contributed by atoms with van der Waals surface area (Å²) in [7, 11) is 1.43. The molecule has 1 heterocycles. The van der Waals surface area contributed by atoms with Gasteiger partial charge in [0.1, 0.15) is 23.4 Å². The van der Waals surface area contributed by atoms with Crippen molar-refractivity contribution in [1.29, 1.82) is 0 Å². The van der Waals surface area contributed by atoms with Crippen molar-refractivity contribution < 1.29 is 29.9 Å². The number of phenols is 3. The summed E-state index contributed by atoms with van der Waals surface area (Å²) in [5, 5.41) is 39.3. The van der Waals surface area contributed by atoms with Gasteiger partial charge >= 0.3 is 0 Å². The third-order valence-electron chi connectivity index (χ3n) is 3.72. The lowest BCUT2D eigenvalue weighted by molar-refractivity contribution is 0.0197. The molecule has 6 nitrogen and oxygen atoms in total. The van der Waals surface area contributed by atoms with Crippen molar-refractivity contribution in [3.63, 3.8) is 0 Å². The zero-order valence-electron chi connectivity index (χ0n) is 11.9. The van der Waals surface area contributed by atoms with E-state index in [0.717, 1.165) is 0 Å². The molecule has 0 radical (unpaired) electrons. The van der Waals surface area contributed by atoms with Gasteiger partial charge in [0.2, 0.25) is 0 Å². The van der Waals surface area contributed by atoms with Crippen molar-refractivity contribution in [3.8, 4) is 28.7 Å². The Labute approximate surface area is 126 Å². The van der Waals surface area contributed by atoms with E-state index in [1.165, 1.54) is 25.3 Å². The minimum atomic E-state index is -0.878. The summed E-state index contributed by atoms with van der Waals surface area (Å²) < 4.78 is 10.8. The molecule has 6 heteroatoms. The minimum Gasteiger partial charge on any atom is -0.508 e. The molecule has 0 aromatic heterocycles. The van der Waals surface area contributed by atoms with Gasteiger partial charge in [0.15, 0.2) is 11.5 Å². The second-order valence-corrected chi connectivity index (χ2v) is 5.18. The van der Waals surface area contributed by atoms with Crippen LogP contribution in [0.3, 0.4) is 0 Å². The molecule has 0 aliphatic carbocycles. The van der Waals surface area contributed by atoms with Gasteiger partial charge in [-0.3, -0.25) is 0 Å². The fraction of sp³-hybridized carbons (Fsp3) is 0.250. The molecule has 3 rings (SSSR count). The quantitative estimate of drug-likeness (QED) is 0.676. The number of fused-ring (bicyclic) bond motifs is 1. The SMILES string of the molecule is COc1cc([C@@H]2Oc3cc(O)cc(O)c3C[C@@H]2O)ccc1O. The third-order valence-corrected chi connectivity index (χ3v) is 3.72. The van der Waals surface area contributed by atoms with Crippen LogP contribution in [0.5, 0.6) is 28.7 Å². The second-order valence-electron chi connectivity index (χ2n) is 5.18. The Hall–Kier alpha value is -2.60. The maximum Gasteiger partial charge on any atom is 0.160 e. The van der Waals surface area contributed by atoms with Gasteiger partial charge in [0, 0.05) is 24.1 Å². The molecule has 0 saturated carbocycles. The van der Waals surface area contributed by atoms with Crippen LogP contribution < -0.4 is 9.47 Å². The smallest absolute Gasteiger partial charge is 0.160 e. The van der Waals surface area contributed by atoms with E-state index in [9.17, 15) is 20.4 Å². The fourth-order valence-electron chi connectivity index (χ4n) is 2.62. The van der Waals surface area contributed by atoms with Crippen LogP contribution in [0.4, 0.5) is 0 Å². The Morgan fingerprint density at radius 3 is 2.59 bits per heavy atom. The lowest BCUT2D eigenvalue weighted by Gasteiger charge is -2.31. The van der Waals surface area contributed by atoms with E-state index in [-0.39, 0.29) is 29.4 Å². The Kier molecular flexibility index (Phi) is 3.46. The van der Waals surface area contributed by atoms with Crippen LogP contribution in [-0.4, -0.2) is 33.6 Å². The lowest BCUT2D eigenvalue weighted by Crippen LogP contribution is -2.30. The van der Waals surface area contributed by atoms with Crippen LogP contribution in [0.25, 0.3) is 0 Å². The first-order valence-electron chi connectivity index (χ1n) is 6.76. The van der Waals surface area contributed by atoms with E-state index in [0.29, 0.717) is 16.9 Å². The number of hydrogen-bond donors (Lipinski definition) is 4. The van der Waals surface area contributed by atoms with Crippen molar-refractivity contribution in [3.05, 3.63) is 41.5 Å². The number of aromatic hydroxyl groups is 3. The average Bonchev–Trinajstić information content (AvgIpc) is 2.48. The van der Waals surface area contributed by atoms with Crippen LogP contribution in [0.1, 0.15) is 17.2 Å². The number of hydrogen-bond acceptors (Lipinski definition) is 6. The predicted octanol–water partition coefficient (Wildman–Crippen LogP) is 1.85. The van der Waals surface area contributed by atoms with Gasteiger partial charge in [0.05, 0.1) is 13.2 Å². The topological polar surface area (TPSA) is 99.4 Å². The maximum absolute atomic E-state index is 10.3. The van der Waals surface area contributed by atoms with Gasteiger partial charge < -0.3 is 29.9 Å². The molecule has 0 bridgehead atoms. The number of rotatable bonds is 2. The Bertz CT molecular complexity index is 712. The van der Waals surface area contributed by atoms with E-state index in [2.05, 4.69) is 0 Å². The first kappa shape index (κ1) is 14.3. The van der Waals surface area contributed by atoms with Crippen LogP contribution >= 0.6 is 0 Å². The molecule has 4 N–H and O–H groups in total. The van der Waals surface area contributed by atoms with Gasteiger partial charge in [-0.05, 0) is 17.7 Å². The van der Waals surface area contributed by atoms with Gasteiger partial charge in [-0.2, -0.15) is 0 Å². The summed E-state index contributed by atoms with van der Waals surface area (Å²) in [4.78, 5) is 0. The Morgan fingerprint density at radius 1 is 1.09 bits per heavy atom. The first-order valence-corrected chi connectivity index (χ1v) is 6.76. The largest absolute Gasteiger partial charge is 0.508 e. The van der Waals surface area contributed by atoms with E-state index >= 15 is 0 Å². The van der Waals surface area contributed by atoms with Gasteiger partial charge in [-0.1, -0.05) is 6.07 Å². The Balaban J connectivity index is 1.99. The van der Waals surface area contributed by atoms with Gasteiger partial charge in [0.25, 0.3) is 0 Å². The predicted molar refractivity (Wildman–Crippen MR) is 77.5 cm³/mol. The highest BCUT2D eigenvalue weighted by atomic mass is 16.5. The van der Waals surface area contributed by atoms with Crippen molar-refractivity contribution in [2.45, 2.75) is 18.6 Å². The number of ether oxygens (including phenoxy) is 2. The number of aliphatic hydroxyl groups is 1. The Morgan fingerprint density at radius 2 is 1.86 bits per heavy atom. The molecule has 0 saturated heterocycles. The average molecular weight is 304 g/mol. The highest BCUT2D eigenvalue weighted by molar-refractivity contribution is 5.52. The summed E-state index contributed by atoms with van der Waals surface area (Å²) in [6.45, 7) is 0. The summed E-state index contributed by atoms with van der Waals surface area (Å²) in [5.74, 6) is 0.357. The molecule has 0 unspecified atom stereocenters. The molecule has 0 amide bonds. The summed E-state index contributed by atoms with van der Waals surface area (Å²) in [6, 6.07) is 7.26. The minimum absolute atomic E-state index is 0.00719. The number of aliphatic hydroxyl groups excluding tert-OH is 1. The molecule has 116 valence electrons. The van der Waals surface area contributed by atoms with Crippen molar-refractivity contribution in [2.24, 2.45) is 0 Å². The third kappa shape index (κ3) is 2.37. The number of benzene rings is 2. The molecule has 0 spiro atoms. The van der Waals surface area contributed by atoms with Crippen LogP contribution in [0.15, 0.2) is 30.3 Å². The van der Waals surface area contributed by atoms with E-state index in [1.807, 2.05) is 0 Å². The zero-order valence-corrected chi connectivity index (χ0v) is 11.9. The van der Waals surface area contributed by atoms with Crippen molar-refractivity contribution in [2.75, 3.05) is 7.11 Å². The van der Waals surface area contributed by atoms with Crippen molar-refractivity contribution >= 4 is 0 Å². The molecular formula is C16H16O6. The van der Waals surface area contributed by atoms with Gasteiger partial charge in [-0.25, -0.2) is 0 Å². The molecule has 2 atom stereocenters. The number of phenolic OH excluding ortho intramolecular Hbond substituents is 3. The van der Waals surface area contributed by atoms with E-state index in [1.54, 1.807) is 12.1 Å². The molecule has 22 heavy (non-hydrogen) atoms. The first-order chi connectivity index (χ1) is 10.5. The number of methoxy groups -OCH3 is 1. The van der Waals surface area contributed by atoms with Crippen molar-refractivity contribution in [1.82, 2.24) is 0 Å². The summed E-state index contributed by atoms with van der Waals surface area (Å²) in [5.41, 5.74) is 1.07. The summed E-state index contributed by atoms with van der Waals surface area (Å²) in [6.07, 6.45) is -1.38. The second kappa shape index (κ2) is 5.31. The standard InChI is InChI=1S/C16H16O6/c1-21-15-4-8(2-3-11(15)18)16-13(20)7-10-12(19)5-9(17)6-14(10)22-16/h2-6,13,16-20H,7H2,1H3/t13-,16-/m0/s1. The monoisotopic (exact) mass is 304 g/mol.